The Kier molecular flexibility index (Phi) is 3.79. The maximum atomic E-state index is 12.4. The van der Waals surface area contributed by atoms with E-state index >= 15 is 0 Å². The van der Waals surface area contributed by atoms with E-state index in [0.717, 1.165) is 17.5 Å². The summed E-state index contributed by atoms with van der Waals surface area (Å²) in [6.07, 6.45) is 0.759. The zero-order valence-electron chi connectivity index (χ0n) is 12.6. The number of nitrogens with zero attached hydrogens (tertiary/aromatic N) is 1. The predicted octanol–water partition coefficient (Wildman–Crippen LogP) is 0.270. The predicted molar refractivity (Wildman–Crippen MR) is 79.0 cm³/mol. The SMILES string of the molecule is COc1cc2c(cc1OC)CN(C(=O)[C@@H]1CNC(=O)N1)CC2. The number of amides is 3. The fourth-order valence-electron chi connectivity index (χ4n) is 2.90. The second-order valence-electron chi connectivity index (χ2n) is 5.39. The van der Waals surface area contributed by atoms with Gasteiger partial charge in [-0.3, -0.25) is 4.79 Å². The normalized spacial score (nSPS) is 20.0. The molecule has 1 atom stereocenters. The van der Waals surface area contributed by atoms with Crippen molar-refractivity contribution in [3.63, 3.8) is 0 Å². The summed E-state index contributed by atoms with van der Waals surface area (Å²) in [6, 6.07) is 3.12. The Hall–Kier alpha value is -2.44. The average Bonchev–Trinajstić information content (AvgIpc) is 2.98. The molecule has 1 aromatic rings. The molecule has 3 rings (SSSR count). The summed E-state index contributed by atoms with van der Waals surface area (Å²) in [5.74, 6) is 1.30. The average molecular weight is 305 g/mol. The van der Waals surface area contributed by atoms with Crippen molar-refractivity contribution in [1.29, 1.82) is 0 Å². The van der Waals surface area contributed by atoms with Gasteiger partial charge >= 0.3 is 6.03 Å². The first-order valence-electron chi connectivity index (χ1n) is 7.19. The van der Waals surface area contributed by atoms with Gasteiger partial charge in [0.2, 0.25) is 5.91 Å². The molecule has 118 valence electrons. The number of rotatable bonds is 3. The van der Waals surface area contributed by atoms with Gasteiger partial charge in [-0.2, -0.15) is 0 Å². The molecular formula is C15H19N3O4. The highest BCUT2D eigenvalue weighted by atomic mass is 16.5. The van der Waals surface area contributed by atoms with Gasteiger partial charge in [-0.15, -0.1) is 0 Å². The van der Waals surface area contributed by atoms with Crippen LogP contribution in [0, 0.1) is 0 Å². The minimum atomic E-state index is -0.478. The first-order chi connectivity index (χ1) is 10.6. The Morgan fingerprint density at radius 2 is 1.91 bits per heavy atom. The van der Waals surface area contributed by atoms with Gasteiger partial charge in [-0.1, -0.05) is 0 Å². The first-order valence-corrected chi connectivity index (χ1v) is 7.19. The van der Waals surface area contributed by atoms with Crippen LogP contribution in [0.4, 0.5) is 4.79 Å². The van der Waals surface area contributed by atoms with Crippen LogP contribution in [-0.2, 0) is 17.8 Å². The molecule has 3 amide bonds. The summed E-state index contributed by atoms with van der Waals surface area (Å²) in [7, 11) is 3.20. The topological polar surface area (TPSA) is 79.9 Å². The Morgan fingerprint density at radius 3 is 2.50 bits per heavy atom. The van der Waals surface area contributed by atoms with Gasteiger partial charge in [-0.05, 0) is 29.7 Å². The number of nitrogens with one attached hydrogen (secondary N) is 2. The fraction of sp³-hybridized carbons (Fsp3) is 0.467. The van der Waals surface area contributed by atoms with Crippen LogP contribution >= 0.6 is 0 Å². The Balaban J connectivity index is 1.78. The highest BCUT2D eigenvalue weighted by Crippen LogP contribution is 2.33. The number of ether oxygens (including phenoxy) is 2. The van der Waals surface area contributed by atoms with Gasteiger partial charge in [0.25, 0.3) is 0 Å². The summed E-state index contributed by atoms with van der Waals surface area (Å²) in [4.78, 5) is 25.4. The van der Waals surface area contributed by atoms with Gasteiger partial charge in [0.15, 0.2) is 11.5 Å². The van der Waals surface area contributed by atoms with E-state index in [4.69, 9.17) is 9.47 Å². The minimum absolute atomic E-state index is 0.0567. The van der Waals surface area contributed by atoms with Gasteiger partial charge in [0.05, 0.1) is 14.2 Å². The van der Waals surface area contributed by atoms with Crippen LogP contribution < -0.4 is 20.1 Å². The molecule has 0 saturated carbocycles. The molecule has 2 aliphatic rings. The van der Waals surface area contributed by atoms with E-state index in [1.165, 1.54) is 0 Å². The van der Waals surface area contributed by atoms with Crippen LogP contribution in [0.25, 0.3) is 0 Å². The molecule has 7 nitrogen and oxygen atoms in total. The molecule has 0 spiro atoms. The number of hydrogen-bond donors (Lipinski definition) is 2. The van der Waals surface area contributed by atoms with Crippen molar-refractivity contribution < 1.29 is 19.1 Å². The summed E-state index contributed by atoms with van der Waals surface area (Å²) in [5, 5.41) is 5.24. The zero-order valence-corrected chi connectivity index (χ0v) is 12.6. The highest BCUT2D eigenvalue weighted by Gasteiger charge is 2.32. The smallest absolute Gasteiger partial charge is 0.315 e. The van der Waals surface area contributed by atoms with Gasteiger partial charge in [0.1, 0.15) is 6.04 Å². The molecule has 0 unspecified atom stereocenters. The molecule has 2 aliphatic heterocycles. The summed E-state index contributed by atoms with van der Waals surface area (Å²) < 4.78 is 10.6. The van der Waals surface area contributed by atoms with E-state index in [9.17, 15) is 9.59 Å². The van der Waals surface area contributed by atoms with Crippen molar-refractivity contribution in [2.45, 2.75) is 19.0 Å². The largest absolute Gasteiger partial charge is 0.493 e. The van der Waals surface area contributed by atoms with Crippen LogP contribution in [0.2, 0.25) is 0 Å². The van der Waals surface area contributed by atoms with E-state index in [1.54, 1.807) is 19.1 Å². The van der Waals surface area contributed by atoms with Crippen LogP contribution in [0.5, 0.6) is 11.5 Å². The standard InChI is InChI=1S/C15H19N3O4/c1-21-12-5-9-3-4-18(8-10(9)6-13(12)22-2)14(19)11-7-16-15(20)17-11/h5-6,11H,3-4,7-8H2,1-2H3,(H2,16,17,20)/t11-/m0/s1. The molecule has 1 saturated heterocycles. The molecule has 0 aliphatic carbocycles. The lowest BCUT2D eigenvalue weighted by Gasteiger charge is -2.31. The van der Waals surface area contributed by atoms with E-state index in [1.807, 2.05) is 12.1 Å². The third kappa shape index (κ3) is 2.54. The van der Waals surface area contributed by atoms with Crippen LogP contribution in [0.1, 0.15) is 11.1 Å². The maximum Gasteiger partial charge on any atom is 0.315 e. The molecule has 7 heteroatoms. The molecule has 1 fully saturated rings. The number of methoxy groups -OCH3 is 2. The molecule has 2 N–H and O–H groups in total. The number of hydrogen-bond acceptors (Lipinski definition) is 4. The lowest BCUT2D eigenvalue weighted by atomic mass is 9.98. The van der Waals surface area contributed by atoms with Gasteiger partial charge in [-0.25, -0.2) is 4.79 Å². The number of benzene rings is 1. The Bertz CT molecular complexity index is 617. The maximum absolute atomic E-state index is 12.4. The summed E-state index contributed by atoms with van der Waals surface area (Å²) in [5.41, 5.74) is 2.21. The molecule has 0 aromatic heterocycles. The molecule has 2 heterocycles. The number of urea groups is 1. The van der Waals surface area contributed by atoms with E-state index in [-0.39, 0.29) is 11.9 Å². The molecule has 0 bridgehead atoms. The lowest BCUT2D eigenvalue weighted by Crippen LogP contribution is -2.47. The van der Waals surface area contributed by atoms with Gasteiger partial charge < -0.3 is 25.0 Å². The molecule has 1 aromatic carbocycles. The van der Waals surface area contributed by atoms with Crippen LogP contribution in [-0.4, -0.2) is 50.2 Å². The van der Waals surface area contributed by atoms with Crippen molar-refractivity contribution in [3.05, 3.63) is 23.3 Å². The number of fused-ring (bicyclic) bond motifs is 1. The van der Waals surface area contributed by atoms with Crippen molar-refractivity contribution >= 4 is 11.9 Å². The summed E-state index contributed by atoms with van der Waals surface area (Å²) >= 11 is 0. The number of carbonyl (C=O) groups is 2. The van der Waals surface area contributed by atoms with Crippen LogP contribution in [0.15, 0.2) is 12.1 Å². The quantitative estimate of drug-likeness (QED) is 0.840. The van der Waals surface area contributed by atoms with Crippen molar-refractivity contribution in [2.24, 2.45) is 0 Å². The second kappa shape index (κ2) is 5.75. The van der Waals surface area contributed by atoms with Crippen molar-refractivity contribution in [2.75, 3.05) is 27.3 Å². The fourth-order valence-corrected chi connectivity index (χ4v) is 2.90. The third-order valence-corrected chi connectivity index (χ3v) is 4.10. The second-order valence-corrected chi connectivity index (χ2v) is 5.39. The van der Waals surface area contributed by atoms with E-state index in [0.29, 0.717) is 31.1 Å². The summed E-state index contributed by atoms with van der Waals surface area (Å²) in [6.45, 7) is 1.49. The third-order valence-electron chi connectivity index (χ3n) is 4.10. The number of carbonyl (C=O) groups excluding carboxylic acids is 2. The Labute approximate surface area is 128 Å². The van der Waals surface area contributed by atoms with E-state index in [2.05, 4.69) is 10.6 Å². The van der Waals surface area contributed by atoms with Crippen molar-refractivity contribution in [1.82, 2.24) is 15.5 Å². The van der Waals surface area contributed by atoms with Crippen LogP contribution in [0.3, 0.4) is 0 Å². The lowest BCUT2D eigenvalue weighted by molar-refractivity contribution is -0.133. The van der Waals surface area contributed by atoms with E-state index < -0.39 is 6.04 Å². The highest BCUT2D eigenvalue weighted by molar-refractivity contribution is 5.90. The first kappa shape index (κ1) is 14.5. The molecular weight excluding hydrogens is 286 g/mol. The molecule has 0 radical (unpaired) electrons. The van der Waals surface area contributed by atoms with Gasteiger partial charge in [0, 0.05) is 19.6 Å². The zero-order chi connectivity index (χ0) is 15.7. The molecule has 22 heavy (non-hydrogen) atoms. The van der Waals surface area contributed by atoms with Crippen molar-refractivity contribution in [3.8, 4) is 11.5 Å². The Morgan fingerprint density at radius 1 is 1.23 bits per heavy atom. The monoisotopic (exact) mass is 305 g/mol. The minimum Gasteiger partial charge on any atom is -0.493 e.